The van der Waals surface area contributed by atoms with Gasteiger partial charge in [-0.25, -0.2) is 4.99 Å². The molecular weight excluding hydrogens is 290 g/mol. The molecule has 118 valence electrons. The third-order valence-electron chi connectivity index (χ3n) is 3.45. The van der Waals surface area contributed by atoms with Gasteiger partial charge in [0.1, 0.15) is 18.1 Å². The van der Waals surface area contributed by atoms with Crippen molar-refractivity contribution in [2.75, 3.05) is 6.54 Å². The fourth-order valence-electron chi connectivity index (χ4n) is 2.44. The molecule has 1 heterocycles. The predicted molar refractivity (Wildman–Crippen MR) is 91.8 cm³/mol. The van der Waals surface area contributed by atoms with Crippen LogP contribution in [0.5, 0.6) is 5.75 Å². The summed E-state index contributed by atoms with van der Waals surface area (Å²) in [4.78, 5) is 8.11. The van der Waals surface area contributed by atoms with E-state index in [9.17, 15) is 5.11 Å². The highest BCUT2D eigenvalue weighted by Crippen LogP contribution is 2.27. The average Bonchev–Trinajstić information content (AvgIpc) is 2.50. The van der Waals surface area contributed by atoms with Crippen molar-refractivity contribution < 1.29 is 5.11 Å². The zero-order chi connectivity index (χ0) is 16.8. The van der Waals surface area contributed by atoms with Gasteiger partial charge >= 0.3 is 0 Å². The van der Waals surface area contributed by atoms with Gasteiger partial charge in [-0.3, -0.25) is 4.99 Å². The highest BCUT2D eigenvalue weighted by Gasteiger charge is 2.17. The number of aromatic hydroxyl groups is 1. The monoisotopic (exact) mass is 309 g/mol. The Hall–Kier alpha value is -3.07. The van der Waals surface area contributed by atoms with Gasteiger partial charge in [0, 0.05) is 35.2 Å². The molecule has 1 aliphatic rings. The minimum Gasteiger partial charge on any atom is -0.508 e. The van der Waals surface area contributed by atoms with E-state index in [1.54, 1.807) is 24.6 Å². The summed E-state index contributed by atoms with van der Waals surface area (Å²) in [5.41, 5.74) is 14.9. The summed E-state index contributed by atoms with van der Waals surface area (Å²) in [6, 6.07) is 7.11. The van der Waals surface area contributed by atoms with E-state index in [2.05, 4.69) is 9.98 Å². The Morgan fingerprint density at radius 1 is 1.52 bits per heavy atom. The maximum absolute atomic E-state index is 9.78. The number of phenolic OH excluding ortho intramolecular Hbond substituents is 1. The maximum Gasteiger partial charge on any atom is 0.126 e. The molecule has 0 radical (unpaired) electrons. The van der Waals surface area contributed by atoms with Crippen LogP contribution in [0.2, 0.25) is 0 Å². The van der Waals surface area contributed by atoms with Crippen molar-refractivity contribution in [1.82, 2.24) is 0 Å². The molecule has 5 N–H and O–H groups in total. The van der Waals surface area contributed by atoms with Crippen molar-refractivity contribution in [1.29, 1.82) is 5.26 Å². The van der Waals surface area contributed by atoms with Crippen molar-refractivity contribution in [3.8, 4) is 11.8 Å². The zero-order valence-corrected chi connectivity index (χ0v) is 12.9. The van der Waals surface area contributed by atoms with Crippen molar-refractivity contribution in [2.24, 2.45) is 27.4 Å². The Labute approximate surface area is 135 Å². The fraction of sp³-hybridized carbons (Fsp3) is 0.235. The molecule has 0 aliphatic carbocycles. The van der Waals surface area contributed by atoms with E-state index >= 15 is 0 Å². The maximum atomic E-state index is 9.78. The number of phenols is 1. The van der Waals surface area contributed by atoms with Crippen LogP contribution in [-0.4, -0.2) is 24.1 Å². The summed E-state index contributed by atoms with van der Waals surface area (Å²) in [5.74, 6) is 0.501. The molecule has 6 heteroatoms. The van der Waals surface area contributed by atoms with Crippen LogP contribution >= 0.6 is 0 Å². The Morgan fingerprint density at radius 3 is 2.96 bits per heavy atom. The molecular formula is C17H19N5O. The first kappa shape index (κ1) is 16.3. The van der Waals surface area contributed by atoms with Crippen LogP contribution in [0.3, 0.4) is 0 Å². The molecule has 1 atom stereocenters. The summed E-state index contributed by atoms with van der Waals surface area (Å²) >= 11 is 0. The normalized spacial score (nSPS) is 18.4. The van der Waals surface area contributed by atoms with Gasteiger partial charge in [-0.05, 0) is 43.2 Å². The van der Waals surface area contributed by atoms with E-state index in [1.807, 2.05) is 25.1 Å². The van der Waals surface area contributed by atoms with Gasteiger partial charge in [0.15, 0.2) is 0 Å². The van der Waals surface area contributed by atoms with E-state index in [1.165, 1.54) is 0 Å². The third kappa shape index (κ3) is 4.20. The minimum absolute atomic E-state index is 0.0514. The quantitative estimate of drug-likeness (QED) is 0.580. The van der Waals surface area contributed by atoms with Gasteiger partial charge < -0.3 is 16.6 Å². The molecule has 0 saturated heterocycles. The molecule has 1 aromatic carbocycles. The second-order valence-corrected chi connectivity index (χ2v) is 5.30. The van der Waals surface area contributed by atoms with E-state index in [4.69, 9.17) is 16.7 Å². The van der Waals surface area contributed by atoms with Crippen molar-refractivity contribution >= 4 is 18.1 Å². The number of rotatable bonds is 4. The molecule has 0 fully saturated rings. The molecule has 1 aromatic rings. The van der Waals surface area contributed by atoms with Gasteiger partial charge in [-0.2, -0.15) is 5.26 Å². The fourth-order valence-corrected chi connectivity index (χ4v) is 2.44. The smallest absolute Gasteiger partial charge is 0.126 e. The van der Waals surface area contributed by atoms with Crippen LogP contribution in [-0.2, 0) is 0 Å². The number of aliphatic imine (C=N–C) groups is 2. The van der Waals surface area contributed by atoms with Crippen LogP contribution in [0.4, 0.5) is 0 Å². The van der Waals surface area contributed by atoms with Crippen LogP contribution < -0.4 is 11.5 Å². The summed E-state index contributed by atoms with van der Waals surface area (Å²) in [6.45, 7) is 1.93. The number of hydrogen-bond acceptors (Lipinski definition) is 6. The SMILES string of the molecule is Cc1cc(O)cc(C(N)=C(C=NCC#N)C2C=C(N)N=CC2)c1. The first-order chi connectivity index (χ1) is 11.0. The molecule has 0 amide bonds. The van der Waals surface area contributed by atoms with E-state index in [-0.39, 0.29) is 18.2 Å². The molecule has 0 saturated carbocycles. The van der Waals surface area contributed by atoms with Crippen LogP contribution in [0.25, 0.3) is 5.70 Å². The Bertz CT molecular complexity index is 732. The minimum atomic E-state index is -0.0717. The van der Waals surface area contributed by atoms with Gasteiger partial charge in [-0.1, -0.05) is 0 Å². The standard InChI is InChI=1S/C17H19N5O/c1-11-6-13(8-14(23)7-11)17(20)15(10-21-5-3-18)12-2-4-22-16(19)9-12/h4,6-10,12,23H,2,5,19-20H2,1H3. The molecule has 23 heavy (non-hydrogen) atoms. The molecule has 1 unspecified atom stereocenters. The molecule has 2 rings (SSSR count). The van der Waals surface area contributed by atoms with Crippen LogP contribution in [0.1, 0.15) is 17.5 Å². The molecule has 6 nitrogen and oxygen atoms in total. The molecule has 0 spiro atoms. The van der Waals surface area contributed by atoms with E-state index in [0.29, 0.717) is 23.5 Å². The lowest BCUT2D eigenvalue weighted by Gasteiger charge is -2.18. The van der Waals surface area contributed by atoms with Crippen molar-refractivity contribution in [3.63, 3.8) is 0 Å². The molecule has 0 bridgehead atoms. The highest BCUT2D eigenvalue weighted by molar-refractivity contribution is 5.92. The number of aryl methyl sites for hydroxylation is 1. The van der Waals surface area contributed by atoms with Gasteiger partial charge in [0.2, 0.25) is 0 Å². The number of nitriles is 1. The van der Waals surface area contributed by atoms with Gasteiger partial charge in [0.05, 0.1) is 6.07 Å². The van der Waals surface area contributed by atoms with Crippen molar-refractivity contribution in [3.05, 3.63) is 46.8 Å². The topological polar surface area (TPSA) is 121 Å². The van der Waals surface area contributed by atoms with E-state index in [0.717, 1.165) is 11.1 Å². The lowest BCUT2D eigenvalue weighted by Crippen LogP contribution is -2.15. The lowest BCUT2D eigenvalue weighted by atomic mass is 9.91. The zero-order valence-electron chi connectivity index (χ0n) is 12.9. The lowest BCUT2D eigenvalue weighted by molar-refractivity contribution is 0.474. The first-order valence-corrected chi connectivity index (χ1v) is 7.18. The van der Waals surface area contributed by atoms with Gasteiger partial charge in [0.25, 0.3) is 0 Å². The van der Waals surface area contributed by atoms with E-state index < -0.39 is 0 Å². The Kier molecular flexibility index (Phi) is 5.15. The van der Waals surface area contributed by atoms with Crippen molar-refractivity contribution in [2.45, 2.75) is 13.3 Å². The molecule has 1 aliphatic heterocycles. The third-order valence-corrected chi connectivity index (χ3v) is 3.45. The highest BCUT2D eigenvalue weighted by atomic mass is 16.3. The summed E-state index contributed by atoms with van der Waals surface area (Å²) in [6.07, 6.45) is 5.80. The van der Waals surface area contributed by atoms with Crippen LogP contribution in [0.15, 0.2) is 45.7 Å². The first-order valence-electron chi connectivity index (χ1n) is 7.18. The summed E-state index contributed by atoms with van der Waals surface area (Å²) in [7, 11) is 0. The summed E-state index contributed by atoms with van der Waals surface area (Å²) < 4.78 is 0. The second kappa shape index (κ2) is 7.27. The number of benzene rings is 1. The number of hydrogen-bond donors (Lipinski definition) is 3. The number of nitrogens with zero attached hydrogens (tertiary/aromatic N) is 3. The van der Waals surface area contributed by atoms with Gasteiger partial charge in [-0.15, -0.1) is 0 Å². The molecule has 0 aromatic heterocycles. The number of allylic oxidation sites excluding steroid dienone is 2. The average molecular weight is 309 g/mol. The van der Waals surface area contributed by atoms with Crippen LogP contribution in [0, 0.1) is 24.2 Å². The number of nitrogens with two attached hydrogens (primary N) is 2. The second-order valence-electron chi connectivity index (χ2n) is 5.30. The largest absolute Gasteiger partial charge is 0.508 e. The predicted octanol–water partition coefficient (Wildman–Crippen LogP) is 1.86. The Balaban J connectivity index is 2.50. The Morgan fingerprint density at radius 2 is 2.30 bits per heavy atom. The summed E-state index contributed by atoms with van der Waals surface area (Å²) in [5, 5.41) is 18.4.